The van der Waals surface area contributed by atoms with Crippen LogP contribution in [0.1, 0.15) is 43.9 Å². The number of benzene rings is 1. The number of aromatic amines is 1. The number of ketones is 1. The van der Waals surface area contributed by atoms with Gasteiger partial charge in [0.05, 0.1) is 18.4 Å². The quantitative estimate of drug-likeness (QED) is 0.0569. The predicted octanol–water partition coefficient (Wildman–Crippen LogP) is -1.52. The van der Waals surface area contributed by atoms with E-state index in [1.807, 2.05) is 0 Å². The van der Waals surface area contributed by atoms with Crippen LogP contribution in [0.4, 0.5) is 0 Å². The Balaban J connectivity index is 2.23. The first-order valence-corrected chi connectivity index (χ1v) is 13.4. The van der Waals surface area contributed by atoms with Crippen LogP contribution in [-0.4, -0.2) is 81.2 Å². The monoisotopic (exact) mass is 585 g/mol. The number of carboxylic acids is 1. The minimum absolute atomic E-state index is 0.0717. The zero-order valence-electron chi connectivity index (χ0n) is 23.4. The van der Waals surface area contributed by atoms with Crippen LogP contribution in [0, 0.1) is 0 Å². The number of aromatic nitrogens is 2. The molecule has 15 heteroatoms. The number of aliphatic imine (C=N–C) groups is 1. The van der Waals surface area contributed by atoms with Crippen molar-refractivity contribution in [3.63, 3.8) is 0 Å². The topological polar surface area (TPSA) is 261 Å². The fourth-order valence-electron chi connectivity index (χ4n) is 3.98. The summed E-state index contributed by atoms with van der Waals surface area (Å²) in [6.07, 6.45) is 3.21. The zero-order valence-corrected chi connectivity index (χ0v) is 23.4. The molecule has 42 heavy (non-hydrogen) atoms. The Morgan fingerprint density at radius 3 is 2.17 bits per heavy atom. The molecule has 0 spiro atoms. The van der Waals surface area contributed by atoms with E-state index in [1.54, 1.807) is 30.3 Å². The van der Waals surface area contributed by atoms with Gasteiger partial charge in [-0.3, -0.25) is 29.0 Å². The van der Waals surface area contributed by atoms with Crippen LogP contribution in [0.15, 0.2) is 47.8 Å². The van der Waals surface area contributed by atoms with Crippen molar-refractivity contribution in [2.24, 2.45) is 22.2 Å². The normalized spacial score (nSPS) is 13.6. The molecule has 1 aromatic carbocycles. The van der Waals surface area contributed by atoms with Gasteiger partial charge in [-0.05, 0) is 31.7 Å². The first kappa shape index (κ1) is 33.4. The number of Topliss-reactive ketones (excluding diaryl/α,β-unsaturated/α-hetero) is 1. The lowest BCUT2D eigenvalue weighted by molar-refractivity contribution is -0.137. The van der Waals surface area contributed by atoms with Gasteiger partial charge in [-0.2, -0.15) is 0 Å². The van der Waals surface area contributed by atoms with Gasteiger partial charge in [-0.15, -0.1) is 0 Å². The maximum atomic E-state index is 13.5. The molecule has 1 aromatic heterocycles. The Bertz CT molecular complexity index is 1220. The van der Waals surface area contributed by atoms with Crippen LogP contribution in [0.5, 0.6) is 0 Å². The van der Waals surface area contributed by atoms with Gasteiger partial charge in [-0.1, -0.05) is 30.3 Å². The molecule has 1 heterocycles. The third kappa shape index (κ3) is 12.2. The zero-order chi connectivity index (χ0) is 31.1. The smallest absolute Gasteiger partial charge is 0.303 e. The lowest BCUT2D eigenvalue weighted by Crippen LogP contribution is -2.57. The number of carboxylic acid groups (broad SMARTS) is 1. The summed E-state index contributed by atoms with van der Waals surface area (Å²) in [6.45, 7) is 1.53. The molecule has 0 fully saturated rings. The Labute approximate surface area is 243 Å². The number of imidazole rings is 1. The van der Waals surface area contributed by atoms with Crippen molar-refractivity contribution in [3.8, 4) is 0 Å². The third-order valence-electron chi connectivity index (χ3n) is 6.29. The van der Waals surface area contributed by atoms with Crippen LogP contribution in [0.25, 0.3) is 0 Å². The number of nitrogens with zero attached hydrogens (tertiary/aromatic N) is 2. The molecule has 2 rings (SSSR count). The SMILES string of the molecule is CC(=O)[C@H](Cc1cnc[nH]1)NC(=O)[C@H](CCCN=C(N)N)NC(=O)[C@H](Cc1ccccc1)NC(=O)[C@@H](N)CCC(=O)O. The molecule has 0 saturated carbocycles. The van der Waals surface area contributed by atoms with E-state index in [4.69, 9.17) is 22.3 Å². The first-order valence-electron chi connectivity index (χ1n) is 13.4. The molecular weight excluding hydrogens is 546 g/mol. The van der Waals surface area contributed by atoms with Gasteiger partial charge in [0.1, 0.15) is 12.1 Å². The van der Waals surface area contributed by atoms with Crippen molar-refractivity contribution in [1.29, 1.82) is 0 Å². The number of guanidine groups is 1. The highest BCUT2D eigenvalue weighted by molar-refractivity contribution is 5.95. The van der Waals surface area contributed by atoms with Crippen molar-refractivity contribution in [3.05, 3.63) is 54.1 Å². The largest absolute Gasteiger partial charge is 0.481 e. The number of amides is 3. The van der Waals surface area contributed by atoms with E-state index >= 15 is 0 Å². The molecule has 0 aliphatic carbocycles. The third-order valence-corrected chi connectivity index (χ3v) is 6.29. The summed E-state index contributed by atoms with van der Waals surface area (Å²) >= 11 is 0. The number of nitrogens with two attached hydrogens (primary N) is 3. The number of aliphatic carboxylic acids is 1. The van der Waals surface area contributed by atoms with Crippen LogP contribution >= 0.6 is 0 Å². The van der Waals surface area contributed by atoms with Crippen LogP contribution < -0.4 is 33.2 Å². The minimum Gasteiger partial charge on any atom is -0.481 e. The summed E-state index contributed by atoms with van der Waals surface area (Å²) < 4.78 is 0. The molecule has 11 N–H and O–H groups in total. The second-order valence-electron chi connectivity index (χ2n) is 9.75. The molecular formula is C27H39N9O6. The summed E-state index contributed by atoms with van der Waals surface area (Å²) in [5.41, 5.74) is 18.0. The standard InChI is InChI=1S/C27H39N9O6/c1-16(37)21(13-18-14-31-15-33-18)35-25(41)20(8-5-11-32-27(29)30)34-26(42)22(12-17-6-3-2-4-7-17)36-24(40)19(28)9-10-23(38)39/h2-4,6-7,14-15,19-22H,5,8-13,28H2,1H3,(H,31,33)(H,34,42)(H,35,41)(H,36,40)(H,38,39)(H4,29,30,32)/t19-,20-,21-,22-/m0/s1. The number of nitrogens with one attached hydrogen (secondary N) is 4. The molecule has 2 aromatic rings. The highest BCUT2D eigenvalue weighted by Crippen LogP contribution is 2.08. The number of H-pyrrole nitrogens is 1. The molecule has 0 bridgehead atoms. The summed E-state index contributed by atoms with van der Waals surface area (Å²) in [5.74, 6) is -3.53. The van der Waals surface area contributed by atoms with Crippen molar-refractivity contribution >= 4 is 35.4 Å². The van der Waals surface area contributed by atoms with Crippen LogP contribution in [-0.2, 0) is 36.8 Å². The Kier molecular flexibility index (Phi) is 13.6. The van der Waals surface area contributed by atoms with Crippen molar-refractivity contribution in [1.82, 2.24) is 25.9 Å². The summed E-state index contributed by atoms with van der Waals surface area (Å²) in [7, 11) is 0. The van der Waals surface area contributed by atoms with E-state index in [-0.39, 0.29) is 50.4 Å². The van der Waals surface area contributed by atoms with Crippen LogP contribution in [0.2, 0.25) is 0 Å². The predicted molar refractivity (Wildman–Crippen MR) is 154 cm³/mol. The average Bonchev–Trinajstić information content (AvgIpc) is 3.46. The number of rotatable bonds is 18. The summed E-state index contributed by atoms with van der Waals surface area (Å²) in [5, 5.41) is 16.9. The Hall–Kier alpha value is -4.79. The number of carbonyl (C=O) groups is 5. The molecule has 4 atom stereocenters. The lowest BCUT2D eigenvalue weighted by atomic mass is 10.0. The van der Waals surface area contributed by atoms with Crippen molar-refractivity contribution in [2.75, 3.05) is 6.54 Å². The highest BCUT2D eigenvalue weighted by atomic mass is 16.4. The molecule has 0 unspecified atom stereocenters. The average molecular weight is 586 g/mol. The van der Waals surface area contributed by atoms with Gasteiger partial charge in [-0.25, -0.2) is 4.98 Å². The Morgan fingerprint density at radius 2 is 1.57 bits per heavy atom. The van der Waals surface area contributed by atoms with Crippen molar-refractivity contribution < 1.29 is 29.1 Å². The fourth-order valence-corrected chi connectivity index (χ4v) is 3.98. The molecule has 15 nitrogen and oxygen atoms in total. The van der Waals surface area contributed by atoms with E-state index in [9.17, 15) is 24.0 Å². The molecule has 0 aliphatic rings. The van der Waals surface area contributed by atoms with E-state index in [2.05, 4.69) is 30.9 Å². The van der Waals surface area contributed by atoms with Gasteiger partial charge < -0.3 is 43.2 Å². The summed E-state index contributed by atoms with van der Waals surface area (Å²) in [6, 6.07) is 4.57. The lowest BCUT2D eigenvalue weighted by Gasteiger charge is -2.25. The Morgan fingerprint density at radius 1 is 0.929 bits per heavy atom. The van der Waals surface area contributed by atoms with E-state index in [0.29, 0.717) is 12.1 Å². The van der Waals surface area contributed by atoms with Gasteiger partial charge in [0.25, 0.3) is 0 Å². The first-order chi connectivity index (χ1) is 20.0. The number of carbonyl (C=O) groups excluding carboxylic acids is 4. The van der Waals surface area contributed by atoms with Crippen molar-refractivity contribution in [2.45, 2.75) is 69.6 Å². The minimum atomic E-state index is -1.16. The second-order valence-corrected chi connectivity index (χ2v) is 9.75. The maximum absolute atomic E-state index is 13.5. The number of hydrogen-bond donors (Lipinski definition) is 8. The maximum Gasteiger partial charge on any atom is 0.303 e. The highest BCUT2D eigenvalue weighted by Gasteiger charge is 2.30. The van der Waals surface area contributed by atoms with Gasteiger partial charge in [0, 0.05) is 37.7 Å². The molecule has 0 radical (unpaired) electrons. The number of hydrogen-bond acceptors (Lipinski definition) is 8. The fraction of sp³-hybridized carbons (Fsp3) is 0.444. The van der Waals surface area contributed by atoms with Gasteiger partial charge in [0.15, 0.2) is 11.7 Å². The molecule has 228 valence electrons. The molecule has 0 aliphatic heterocycles. The van der Waals surface area contributed by atoms with Crippen LogP contribution in [0.3, 0.4) is 0 Å². The summed E-state index contributed by atoms with van der Waals surface area (Å²) in [4.78, 5) is 73.5. The van der Waals surface area contributed by atoms with Gasteiger partial charge >= 0.3 is 5.97 Å². The van der Waals surface area contributed by atoms with Gasteiger partial charge in [0.2, 0.25) is 17.7 Å². The molecule has 3 amide bonds. The van der Waals surface area contributed by atoms with E-state index < -0.39 is 47.9 Å². The molecule has 0 saturated heterocycles. The van der Waals surface area contributed by atoms with E-state index in [1.165, 1.54) is 19.4 Å². The van der Waals surface area contributed by atoms with E-state index in [0.717, 1.165) is 5.56 Å². The second kappa shape index (κ2) is 17.1.